The average molecular weight is 499 g/mol. The number of pyridine rings is 1. The van der Waals surface area contributed by atoms with Crippen molar-refractivity contribution in [2.45, 2.75) is 43.9 Å². The van der Waals surface area contributed by atoms with E-state index in [2.05, 4.69) is 25.1 Å². The van der Waals surface area contributed by atoms with E-state index in [-0.39, 0.29) is 18.0 Å². The summed E-state index contributed by atoms with van der Waals surface area (Å²) in [7, 11) is 0. The largest absolute Gasteiger partial charge is 0.433 e. The van der Waals surface area contributed by atoms with Crippen molar-refractivity contribution in [2.75, 3.05) is 50.7 Å². The smallest absolute Gasteiger partial charge is 0.354 e. The molecule has 7 nitrogen and oxygen atoms in total. The van der Waals surface area contributed by atoms with Gasteiger partial charge in [0.2, 0.25) is 5.91 Å². The van der Waals surface area contributed by atoms with Crippen molar-refractivity contribution in [1.82, 2.24) is 20.1 Å². The number of anilines is 1. The minimum atomic E-state index is -4.42. The number of aromatic nitrogens is 1. The Morgan fingerprint density at radius 3 is 2.50 bits per heavy atom. The summed E-state index contributed by atoms with van der Waals surface area (Å²) in [4.78, 5) is 26.9. The lowest BCUT2D eigenvalue weighted by Crippen LogP contribution is -2.49. The summed E-state index contributed by atoms with van der Waals surface area (Å²) in [5.41, 5.74) is -0.839. The van der Waals surface area contributed by atoms with Crippen molar-refractivity contribution in [3.8, 4) is 0 Å². The number of allylic oxidation sites excluding steroid dienone is 1. The molecule has 0 saturated carbocycles. The number of nitrogens with one attached hydrogen (secondary N) is 1. The third kappa shape index (κ3) is 6.70. The summed E-state index contributed by atoms with van der Waals surface area (Å²) in [5, 5.41) is 3.91. The first-order chi connectivity index (χ1) is 16.3. The van der Waals surface area contributed by atoms with Crippen LogP contribution in [0.25, 0.3) is 0 Å². The first kappa shape index (κ1) is 24.9. The second kappa shape index (κ2) is 11.0. The SMILES string of the molecule is O=C(CCN1CCN(c2ccc(Cl)cn2)CC1)N1CCC(NC2C=C(C(F)(F)F)N=CC2)CC1. The van der Waals surface area contributed by atoms with Crippen molar-refractivity contribution >= 4 is 29.5 Å². The fourth-order valence-electron chi connectivity index (χ4n) is 4.62. The van der Waals surface area contributed by atoms with Gasteiger partial charge in [-0.3, -0.25) is 14.7 Å². The Morgan fingerprint density at radius 1 is 1.12 bits per heavy atom. The number of amides is 1. The van der Waals surface area contributed by atoms with Gasteiger partial charge >= 0.3 is 6.18 Å². The Labute approximate surface area is 202 Å². The van der Waals surface area contributed by atoms with E-state index < -0.39 is 11.9 Å². The maximum absolute atomic E-state index is 12.9. The van der Waals surface area contributed by atoms with Crippen LogP contribution in [0, 0.1) is 0 Å². The second-order valence-corrected chi connectivity index (χ2v) is 9.38. The quantitative estimate of drug-likeness (QED) is 0.653. The molecule has 4 rings (SSSR count). The lowest BCUT2D eigenvalue weighted by Gasteiger charge is -2.37. The Balaban J connectivity index is 1.15. The molecule has 11 heteroatoms. The third-order valence-electron chi connectivity index (χ3n) is 6.59. The molecule has 1 aromatic heterocycles. The van der Waals surface area contributed by atoms with Gasteiger partial charge in [-0.2, -0.15) is 13.2 Å². The molecule has 34 heavy (non-hydrogen) atoms. The van der Waals surface area contributed by atoms with Gasteiger partial charge in [0.25, 0.3) is 0 Å². The van der Waals surface area contributed by atoms with E-state index in [0.29, 0.717) is 31.0 Å². The Morgan fingerprint density at radius 2 is 1.85 bits per heavy atom. The fourth-order valence-corrected chi connectivity index (χ4v) is 4.73. The molecule has 4 heterocycles. The lowest BCUT2D eigenvalue weighted by atomic mass is 10.0. The predicted octanol–water partition coefficient (Wildman–Crippen LogP) is 3.12. The second-order valence-electron chi connectivity index (χ2n) is 8.94. The van der Waals surface area contributed by atoms with E-state index in [9.17, 15) is 18.0 Å². The molecule has 0 aliphatic carbocycles. The molecule has 3 aliphatic rings. The number of piperidine rings is 1. The standard InChI is InChI=1S/C23H30ClF3N6O/c24-17-1-2-21(29-16-17)32-13-11-31(12-14-32)8-6-22(34)33-9-4-18(5-10-33)30-19-3-7-28-20(15-19)23(25,26)27/h1-2,7,15-16,18-19,30H,3-6,8-14H2. The van der Waals surface area contributed by atoms with Crippen molar-refractivity contribution in [1.29, 1.82) is 0 Å². The highest BCUT2D eigenvalue weighted by Gasteiger charge is 2.35. The molecule has 186 valence electrons. The van der Waals surface area contributed by atoms with E-state index in [1.807, 2.05) is 17.0 Å². The molecular formula is C23H30ClF3N6O. The number of aliphatic imine (C=N–C) groups is 1. The van der Waals surface area contributed by atoms with Crippen LogP contribution in [-0.2, 0) is 4.79 Å². The number of carbonyl (C=O) groups excluding carboxylic acids is 1. The number of hydrogen-bond donors (Lipinski definition) is 1. The number of hydrogen-bond acceptors (Lipinski definition) is 6. The van der Waals surface area contributed by atoms with Gasteiger partial charge in [-0.15, -0.1) is 0 Å². The average Bonchev–Trinajstić information content (AvgIpc) is 2.83. The number of carbonyl (C=O) groups is 1. The zero-order valence-electron chi connectivity index (χ0n) is 19.0. The van der Waals surface area contributed by atoms with Crippen LogP contribution in [-0.4, -0.2) is 91.0 Å². The van der Waals surface area contributed by atoms with E-state index in [0.717, 1.165) is 51.4 Å². The van der Waals surface area contributed by atoms with Crippen LogP contribution in [0.3, 0.4) is 0 Å². The van der Waals surface area contributed by atoms with Gasteiger partial charge in [-0.25, -0.2) is 4.98 Å². The van der Waals surface area contributed by atoms with Crippen molar-refractivity contribution in [2.24, 2.45) is 4.99 Å². The highest BCUT2D eigenvalue weighted by Crippen LogP contribution is 2.29. The highest BCUT2D eigenvalue weighted by atomic mass is 35.5. The summed E-state index contributed by atoms with van der Waals surface area (Å²) < 4.78 is 38.7. The summed E-state index contributed by atoms with van der Waals surface area (Å²) in [6.45, 7) is 5.45. The van der Waals surface area contributed by atoms with Gasteiger partial charge in [-0.05, 0) is 31.1 Å². The number of nitrogens with zero attached hydrogens (tertiary/aromatic N) is 5. The Kier molecular flexibility index (Phi) is 8.10. The number of halogens is 4. The maximum atomic E-state index is 12.9. The van der Waals surface area contributed by atoms with Crippen LogP contribution in [0.2, 0.25) is 5.02 Å². The monoisotopic (exact) mass is 498 g/mol. The van der Waals surface area contributed by atoms with Gasteiger partial charge in [0, 0.05) is 83.2 Å². The van der Waals surface area contributed by atoms with Gasteiger partial charge < -0.3 is 15.1 Å². The molecule has 1 N–H and O–H groups in total. The third-order valence-corrected chi connectivity index (χ3v) is 6.81. The Hall–Kier alpha value is -2.17. The molecule has 0 bridgehead atoms. The minimum Gasteiger partial charge on any atom is -0.354 e. The highest BCUT2D eigenvalue weighted by molar-refractivity contribution is 6.30. The molecule has 0 spiro atoms. The van der Waals surface area contributed by atoms with Crippen LogP contribution in [0.5, 0.6) is 0 Å². The summed E-state index contributed by atoms with van der Waals surface area (Å²) in [6, 6.07) is 3.49. The molecule has 1 unspecified atom stereocenters. The first-order valence-corrected chi connectivity index (χ1v) is 12.1. The fraction of sp³-hybridized carbons (Fsp3) is 0.609. The molecule has 1 aromatic rings. The van der Waals surface area contributed by atoms with E-state index >= 15 is 0 Å². The number of likely N-dealkylation sites (tertiary alicyclic amines) is 1. The molecule has 0 radical (unpaired) electrons. The summed E-state index contributed by atoms with van der Waals surface area (Å²) >= 11 is 5.91. The van der Waals surface area contributed by atoms with Gasteiger partial charge in [0.1, 0.15) is 11.5 Å². The number of alkyl halides is 3. The molecule has 1 atom stereocenters. The molecule has 0 aromatic carbocycles. The minimum absolute atomic E-state index is 0.0980. The van der Waals surface area contributed by atoms with E-state index in [1.165, 1.54) is 12.3 Å². The molecular weight excluding hydrogens is 469 g/mol. The lowest BCUT2D eigenvalue weighted by molar-refractivity contribution is -0.132. The molecule has 2 saturated heterocycles. The maximum Gasteiger partial charge on any atom is 0.433 e. The Bertz CT molecular complexity index is 891. The van der Waals surface area contributed by atoms with Crippen molar-refractivity contribution < 1.29 is 18.0 Å². The van der Waals surface area contributed by atoms with Crippen LogP contribution < -0.4 is 10.2 Å². The molecule has 3 aliphatic heterocycles. The number of piperazine rings is 1. The van der Waals surface area contributed by atoms with Crippen LogP contribution in [0.1, 0.15) is 25.7 Å². The predicted molar refractivity (Wildman–Crippen MR) is 126 cm³/mol. The molecule has 2 fully saturated rings. The van der Waals surface area contributed by atoms with Gasteiger partial charge in [0.05, 0.1) is 5.02 Å². The molecule has 1 amide bonds. The van der Waals surface area contributed by atoms with E-state index in [4.69, 9.17) is 11.6 Å². The van der Waals surface area contributed by atoms with Crippen LogP contribution in [0.4, 0.5) is 19.0 Å². The summed E-state index contributed by atoms with van der Waals surface area (Å²) in [6.07, 6.45) is 2.12. The zero-order valence-corrected chi connectivity index (χ0v) is 19.7. The van der Waals surface area contributed by atoms with Gasteiger partial charge in [0.15, 0.2) is 0 Å². The van der Waals surface area contributed by atoms with Gasteiger partial charge in [-0.1, -0.05) is 11.6 Å². The normalized spacial score (nSPS) is 22.7. The zero-order chi connectivity index (χ0) is 24.1. The van der Waals surface area contributed by atoms with Crippen LogP contribution >= 0.6 is 11.6 Å². The number of rotatable bonds is 6. The van der Waals surface area contributed by atoms with Crippen molar-refractivity contribution in [3.63, 3.8) is 0 Å². The topological polar surface area (TPSA) is 64.1 Å². The van der Waals surface area contributed by atoms with Crippen molar-refractivity contribution in [3.05, 3.63) is 35.1 Å². The first-order valence-electron chi connectivity index (χ1n) is 11.7. The van der Waals surface area contributed by atoms with Crippen LogP contribution in [0.15, 0.2) is 35.1 Å². The van der Waals surface area contributed by atoms with E-state index in [1.54, 1.807) is 6.20 Å². The summed E-state index contributed by atoms with van der Waals surface area (Å²) in [5.74, 6) is 1.06.